The van der Waals surface area contributed by atoms with Crippen LogP contribution in [0.15, 0.2) is 16.6 Å². The van der Waals surface area contributed by atoms with Crippen LogP contribution in [0.5, 0.6) is 0 Å². The molecule has 7 heteroatoms. The van der Waals surface area contributed by atoms with Gasteiger partial charge in [0.15, 0.2) is 0 Å². The Kier molecular flexibility index (Phi) is 6.62. The van der Waals surface area contributed by atoms with E-state index in [1.165, 1.54) is 11.1 Å². The average molecular weight is 406 g/mol. The predicted molar refractivity (Wildman–Crippen MR) is 93.6 cm³/mol. The van der Waals surface area contributed by atoms with E-state index >= 15 is 0 Å². The van der Waals surface area contributed by atoms with Gasteiger partial charge in [0.25, 0.3) is 10.1 Å². The van der Waals surface area contributed by atoms with Crippen molar-refractivity contribution in [1.82, 2.24) is 5.06 Å². The molecule has 0 bridgehead atoms. The van der Waals surface area contributed by atoms with Crippen molar-refractivity contribution in [3.63, 3.8) is 0 Å². The van der Waals surface area contributed by atoms with Crippen LogP contribution in [-0.4, -0.2) is 39.5 Å². The van der Waals surface area contributed by atoms with Crippen LogP contribution in [0.4, 0.5) is 0 Å². The van der Waals surface area contributed by atoms with E-state index in [0.29, 0.717) is 6.54 Å². The molecule has 1 aromatic carbocycles. The van der Waals surface area contributed by atoms with Crippen LogP contribution in [-0.2, 0) is 32.1 Å². The van der Waals surface area contributed by atoms with Gasteiger partial charge in [-0.25, -0.2) is 0 Å². The monoisotopic (exact) mass is 405 g/mol. The van der Waals surface area contributed by atoms with Crippen molar-refractivity contribution in [2.75, 3.05) is 20.0 Å². The number of rotatable bonds is 9. The molecule has 0 saturated heterocycles. The molecular weight excluding hydrogens is 382 g/mol. The van der Waals surface area contributed by atoms with Crippen molar-refractivity contribution >= 4 is 26.0 Å². The van der Waals surface area contributed by atoms with Crippen molar-refractivity contribution in [1.29, 1.82) is 0 Å². The first-order chi connectivity index (χ1) is 10.8. The zero-order valence-electron chi connectivity index (χ0n) is 13.8. The summed E-state index contributed by atoms with van der Waals surface area (Å²) >= 11 is 3.60. The summed E-state index contributed by atoms with van der Waals surface area (Å²) in [6.45, 7) is 3.28. The molecule has 1 aliphatic carbocycles. The SMILES string of the molecule is COCCCc1cc(CN(OS(C)(=O)=O)C2CC2)cc(Br)c1C. The topological polar surface area (TPSA) is 55.8 Å². The molecule has 130 valence electrons. The van der Waals surface area contributed by atoms with Gasteiger partial charge in [0.2, 0.25) is 0 Å². The number of ether oxygens (including phenoxy) is 1. The van der Waals surface area contributed by atoms with Gasteiger partial charge in [-0.1, -0.05) is 22.0 Å². The fraction of sp³-hybridized carbons (Fsp3) is 0.625. The molecule has 0 spiro atoms. The lowest BCUT2D eigenvalue weighted by atomic mass is 10.0. The molecule has 2 rings (SSSR count). The Labute approximate surface area is 147 Å². The summed E-state index contributed by atoms with van der Waals surface area (Å²) in [6.07, 6.45) is 4.93. The normalized spacial score (nSPS) is 15.3. The second kappa shape index (κ2) is 8.07. The maximum absolute atomic E-state index is 11.4. The standard InChI is InChI=1S/C16H24BrNO4S/c1-12-14(5-4-8-21-2)9-13(10-16(12)17)11-18(15-6-7-15)22-23(3,19)20/h9-10,15H,4-8,11H2,1-3H3. The van der Waals surface area contributed by atoms with Gasteiger partial charge in [0.05, 0.1) is 12.8 Å². The summed E-state index contributed by atoms with van der Waals surface area (Å²) in [6, 6.07) is 4.37. The van der Waals surface area contributed by atoms with Gasteiger partial charge in [0, 0.05) is 24.2 Å². The summed E-state index contributed by atoms with van der Waals surface area (Å²) < 4.78 is 34.2. The smallest absolute Gasteiger partial charge is 0.280 e. The third-order valence-corrected chi connectivity index (χ3v) is 5.12. The van der Waals surface area contributed by atoms with Gasteiger partial charge < -0.3 is 4.74 Å². The molecule has 0 amide bonds. The number of hydrogen-bond acceptors (Lipinski definition) is 5. The molecule has 1 saturated carbocycles. The maximum atomic E-state index is 11.4. The van der Waals surface area contributed by atoms with Crippen LogP contribution in [0.1, 0.15) is 36.0 Å². The highest BCUT2D eigenvalue weighted by molar-refractivity contribution is 9.10. The van der Waals surface area contributed by atoms with E-state index in [1.54, 1.807) is 12.2 Å². The van der Waals surface area contributed by atoms with Gasteiger partial charge >= 0.3 is 0 Å². The van der Waals surface area contributed by atoms with E-state index in [9.17, 15) is 8.42 Å². The van der Waals surface area contributed by atoms with Gasteiger partial charge in [-0.2, -0.15) is 17.8 Å². The van der Waals surface area contributed by atoms with Crippen LogP contribution in [0, 0.1) is 6.92 Å². The van der Waals surface area contributed by atoms with Crippen LogP contribution in [0.25, 0.3) is 0 Å². The first-order valence-corrected chi connectivity index (χ1v) is 10.3. The lowest BCUT2D eigenvalue weighted by Gasteiger charge is -2.21. The molecule has 5 nitrogen and oxygen atoms in total. The fourth-order valence-corrected chi connectivity index (χ4v) is 3.56. The number of benzene rings is 1. The van der Waals surface area contributed by atoms with Crippen molar-refractivity contribution in [3.8, 4) is 0 Å². The first-order valence-electron chi connectivity index (χ1n) is 7.73. The number of methoxy groups -OCH3 is 1. The summed E-state index contributed by atoms with van der Waals surface area (Å²) in [4.78, 5) is 0. The first kappa shape index (κ1) is 18.9. The van der Waals surface area contributed by atoms with Crippen LogP contribution in [0.2, 0.25) is 0 Å². The summed E-state index contributed by atoms with van der Waals surface area (Å²) in [7, 11) is -1.79. The highest BCUT2D eigenvalue weighted by Gasteiger charge is 2.32. The lowest BCUT2D eigenvalue weighted by molar-refractivity contribution is -0.0682. The largest absolute Gasteiger partial charge is 0.385 e. The van der Waals surface area contributed by atoms with Crippen molar-refractivity contribution in [3.05, 3.63) is 33.3 Å². The van der Waals surface area contributed by atoms with E-state index in [1.807, 2.05) is 6.07 Å². The van der Waals surface area contributed by atoms with Gasteiger partial charge in [-0.3, -0.25) is 0 Å². The van der Waals surface area contributed by atoms with E-state index in [4.69, 9.17) is 9.02 Å². The zero-order valence-corrected chi connectivity index (χ0v) is 16.2. The predicted octanol–water partition coefficient (Wildman–Crippen LogP) is 3.19. The molecule has 0 heterocycles. The van der Waals surface area contributed by atoms with Crippen LogP contribution in [0.3, 0.4) is 0 Å². The molecule has 0 N–H and O–H groups in total. The van der Waals surface area contributed by atoms with E-state index in [0.717, 1.165) is 48.6 Å². The lowest BCUT2D eigenvalue weighted by Crippen LogP contribution is -2.28. The number of hydroxylamine groups is 2. The number of nitrogens with zero attached hydrogens (tertiary/aromatic N) is 1. The number of halogens is 1. The Bertz CT molecular complexity index is 644. The summed E-state index contributed by atoms with van der Waals surface area (Å²) in [5, 5.41) is 1.59. The average Bonchev–Trinajstić information content (AvgIpc) is 3.26. The molecular formula is C16H24BrNO4S. The molecule has 1 aromatic rings. The van der Waals surface area contributed by atoms with Gasteiger partial charge in [-0.05, 0) is 55.4 Å². The van der Waals surface area contributed by atoms with Crippen LogP contribution < -0.4 is 0 Å². The van der Waals surface area contributed by atoms with E-state index in [2.05, 4.69) is 28.9 Å². The Hall–Kier alpha value is -0.470. The van der Waals surface area contributed by atoms with Crippen molar-refractivity contribution < 1.29 is 17.4 Å². The number of hydrogen-bond donors (Lipinski definition) is 0. The molecule has 0 aromatic heterocycles. The highest BCUT2D eigenvalue weighted by Crippen LogP contribution is 2.31. The minimum absolute atomic E-state index is 0.196. The van der Waals surface area contributed by atoms with E-state index in [-0.39, 0.29) is 6.04 Å². The molecule has 0 radical (unpaired) electrons. The third-order valence-electron chi connectivity index (χ3n) is 3.83. The summed E-state index contributed by atoms with van der Waals surface area (Å²) in [5.74, 6) is 0. The van der Waals surface area contributed by atoms with Gasteiger partial charge in [-0.15, -0.1) is 0 Å². The van der Waals surface area contributed by atoms with Crippen molar-refractivity contribution in [2.24, 2.45) is 0 Å². The fourth-order valence-electron chi connectivity index (χ4n) is 2.49. The molecule has 1 aliphatic rings. The minimum atomic E-state index is -3.50. The Morgan fingerprint density at radius 1 is 1.35 bits per heavy atom. The Morgan fingerprint density at radius 2 is 2.04 bits per heavy atom. The third kappa shape index (κ3) is 6.15. The highest BCUT2D eigenvalue weighted by atomic mass is 79.9. The Morgan fingerprint density at radius 3 is 2.61 bits per heavy atom. The maximum Gasteiger partial charge on any atom is 0.280 e. The van der Waals surface area contributed by atoms with E-state index < -0.39 is 10.1 Å². The molecule has 0 aliphatic heterocycles. The summed E-state index contributed by atoms with van der Waals surface area (Å²) in [5.41, 5.74) is 3.51. The molecule has 0 atom stereocenters. The zero-order chi connectivity index (χ0) is 17.0. The molecule has 23 heavy (non-hydrogen) atoms. The van der Waals surface area contributed by atoms with Crippen molar-refractivity contribution in [2.45, 2.75) is 45.2 Å². The molecule has 0 unspecified atom stereocenters. The number of aryl methyl sites for hydroxylation is 1. The Balaban J connectivity index is 2.14. The van der Waals surface area contributed by atoms with Gasteiger partial charge in [0.1, 0.15) is 0 Å². The molecule has 1 fully saturated rings. The second-order valence-electron chi connectivity index (χ2n) is 6.04. The van der Waals surface area contributed by atoms with Crippen LogP contribution >= 0.6 is 15.9 Å². The minimum Gasteiger partial charge on any atom is -0.385 e. The quantitative estimate of drug-likeness (QED) is 0.466. The second-order valence-corrected chi connectivity index (χ2v) is 8.45.